The van der Waals surface area contributed by atoms with Crippen LogP contribution in [0.25, 0.3) is 0 Å². The highest BCUT2D eigenvalue weighted by molar-refractivity contribution is 5.83. The van der Waals surface area contributed by atoms with Gasteiger partial charge in [0.05, 0.1) is 0 Å². The van der Waals surface area contributed by atoms with Crippen molar-refractivity contribution in [2.45, 2.75) is 12.8 Å². The highest BCUT2D eigenvalue weighted by atomic mass is 16.6. The average molecular weight is 181 g/mol. The van der Waals surface area contributed by atoms with E-state index in [1.165, 1.54) is 10.9 Å². The molecule has 68 valence electrons. The van der Waals surface area contributed by atoms with Crippen LogP contribution in [0.1, 0.15) is 17.6 Å². The molecule has 1 aliphatic carbocycles. The van der Waals surface area contributed by atoms with Gasteiger partial charge in [-0.05, 0) is 22.7 Å². The number of hydrogen-bond acceptors (Lipinski definition) is 4. The fourth-order valence-electron chi connectivity index (χ4n) is 1.07. The van der Waals surface area contributed by atoms with Gasteiger partial charge in [0, 0.05) is 5.92 Å². The molecule has 1 aromatic heterocycles. The minimum Gasteiger partial charge on any atom is -0.358 e. The molecule has 0 aromatic carbocycles. The lowest BCUT2D eigenvalue weighted by Gasteiger charge is -1.93. The first-order valence-electron chi connectivity index (χ1n) is 3.91. The van der Waals surface area contributed by atoms with Gasteiger partial charge in [0.15, 0.2) is 0 Å². The smallest absolute Gasteiger partial charge is 0.358 e. The summed E-state index contributed by atoms with van der Waals surface area (Å²) in [6.07, 6.45) is 4.11. The molecule has 0 amide bonds. The average Bonchev–Trinajstić information content (AvgIpc) is 2.81. The van der Waals surface area contributed by atoms with Crippen molar-refractivity contribution in [3.05, 3.63) is 22.6 Å². The van der Waals surface area contributed by atoms with Gasteiger partial charge in [0.25, 0.3) is 0 Å². The fourth-order valence-corrected chi connectivity index (χ4v) is 1.07. The summed E-state index contributed by atoms with van der Waals surface area (Å²) in [5, 5.41) is 10.2. The van der Waals surface area contributed by atoms with Gasteiger partial charge >= 0.3 is 5.82 Å². The van der Waals surface area contributed by atoms with E-state index in [1.807, 2.05) is 0 Å². The van der Waals surface area contributed by atoms with Crippen LogP contribution in [0.3, 0.4) is 0 Å². The van der Waals surface area contributed by atoms with Crippen molar-refractivity contribution in [2.24, 2.45) is 5.92 Å². The molecule has 0 unspecified atom stereocenters. The number of carbonyl (C=O) groups is 1. The number of nitro groups is 1. The molecular formula is C7H7N3O3. The topological polar surface area (TPSA) is 78.0 Å². The lowest BCUT2D eigenvalue weighted by molar-refractivity contribution is -0.389. The summed E-state index contributed by atoms with van der Waals surface area (Å²) in [4.78, 5) is 24.5. The molecule has 6 heteroatoms. The Morgan fingerprint density at radius 1 is 1.69 bits per heavy atom. The molecule has 0 radical (unpaired) electrons. The van der Waals surface area contributed by atoms with Crippen molar-refractivity contribution in [1.29, 1.82) is 0 Å². The van der Waals surface area contributed by atoms with Crippen LogP contribution in [0.2, 0.25) is 0 Å². The van der Waals surface area contributed by atoms with Crippen molar-refractivity contribution in [1.82, 2.24) is 9.55 Å². The number of imidazole rings is 1. The van der Waals surface area contributed by atoms with E-state index in [2.05, 4.69) is 4.98 Å². The molecular weight excluding hydrogens is 174 g/mol. The Morgan fingerprint density at radius 2 is 2.38 bits per heavy atom. The minimum atomic E-state index is -0.614. The van der Waals surface area contributed by atoms with Crippen LogP contribution in [0.15, 0.2) is 12.5 Å². The zero-order valence-corrected chi connectivity index (χ0v) is 6.71. The van der Waals surface area contributed by atoms with E-state index in [0.717, 1.165) is 19.0 Å². The second-order valence-electron chi connectivity index (χ2n) is 3.01. The van der Waals surface area contributed by atoms with Gasteiger partial charge in [-0.1, -0.05) is 0 Å². The van der Waals surface area contributed by atoms with Crippen molar-refractivity contribution < 1.29 is 9.72 Å². The third-order valence-corrected chi connectivity index (χ3v) is 1.94. The van der Waals surface area contributed by atoms with Gasteiger partial charge in [0.1, 0.15) is 6.20 Å². The molecule has 0 saturated heterocycles. The molecule has 1 aliphatic rings. The first-order chi connectivity index (χ1) is 6.18. The maximum Gasteiger partial charge on any atom is 0.381 e. The Bertz CT molecular complexity index is 367. The number of rotatable bonds is 2. The lowest BCUT2D eigenvalue weighted by Crippen LogP contribution is -2.09. The van der Waals surface area contributed by atoms with E-state index in [9.17, 15) is 14.9 Å². The molecule has 1 saturated carbocycles. The van der Waals surface area contributed by atoms with Gasteiger partial charge in [-0.2, -0.15) is 0 Å². The molecule has 1 heterocycles. The summed E-state index contributed by atoms with van der Waals surface area (Å²) in [6, 6.07) is 0. The first kappa shape index (κ1) is 7.90. The van der Waals surface area contributed by atoms with Crippen molar-refractivity contribution in [3.63, 3.8) is 0 Å². The summed E-state index contributed by atoms with van der Waals surface area (Å²) < 4.78 is 1.19. The number of nitrogens with zero attached hydrogens (tertiary/aromatic N) is 3. The SMILES string of the molecule is O=C(C1CC1)n1cnc([N+](=O)[O-])c1. The van der Waals surface area contributed by atoms with Gasteiger partial charge in [-0.25, -0.2) is 4.57 Å². The van der Waals surface area contributed by atoms with E-state index in [1.54, 1.807) is 0 Å². The van der Waals surface area contributed by atoms with Gasteiger partial charge in [-0.15, -0.1) is 0 Å². The van der Waals surface area contributed by atoms with Crippen molar-refractivity contribution >= 4 is 11.7 Å². The Kier molecular flexibility index (Phi) is 1.61. The third-order valence-electron chi connectivity index (χ3n) is 1.94. The van der Waals surface area contributed by atoms with Crippen molar-refractivity contribution in [2.75, 3.05) is 0 Å². The highest BCUT2D eigenvalue weighted by Crippen LogP contribution is 2.30. The molecule has 0 spiro atoms. The molecule has 1 fully saturated rings. The van der Waals surface area contributed by atoms with Crippen LogP contribution in [-0.4, -0.2) is 20.4 Å². The predicted molar refractivity (Wildman–Crippen MR) is 42.2 cm³/mol. The molecule has 6 nitrogen and oxygen atoms in total. The summed E-state index contributed by atoms with van der Waals surface area (Å²) in [7, 11) is 0. The van der Waals surface area contributed by atoms with Crippen LogP contribution in [-0.2, 0) is 0 Å². The van der Waals surface area contributed by atoms with E-state index >= 15 is 0 Å². The van der Waals surface area contributed by atoms with Crippen LogP contribution >= 0.6 is 0 Å². The van der Waals surface area contributed by atoms with Crippen molar-refractivity contribution in [3.8, 4) is 0 Å². The fraction of sp³-hybridized carbons (Fsp3) is 0.429. The quantitative estimate of drug-likeness (QED) is 0.500. The summed E-state index contributed by atoms with van der Waals surface area (Å²) in [5.74, 6) is -0.330. The maximum absolute atomic E-state index is 11.3. The Hall–Kier alpha value is -1.72. The second kappa shape index (κ2) is 2.65. The van der Waals surface area contributed by atoms with Crippen LogP contribution in [0.4, 0.5) is 5.82 Å². The molecule has 0 aliphatic heterocycles. The van der Waals surface area contributed by atoms with E-state index < -0.39 is 4.92 Å². The summed E-state index contributed by atoms with van der Waals surface area (Å²) in [6.45, 7) is 0. The standard InChI is InChI=1S/C7H7N3O3/c11-7(5-1-2-5)9-3-6(8-4-9)10(12)13/h3-5H,1-2H2. The second-order valence-corrected chi connectivity index (χ2v) is 3.01. The molecule has 13 heavy (non-hydrogen) atoms. The van der Waals surface area contributed by atoms with E-state index in [4.69, 9.17) is 0 Å². The summed E-state index contributed by atoms with van der Waals surface area (Å²) >= 11 is 0. The number of carbonyl (C=O) groups excluding carboxylic acids is 1. The minimum absolute atomic E-state index is 0.0498. The van der Waals surface area contributed by atoms with Gasteiger partial charge < -0.3 is 10.1 Å². The Labute approximate surface area is 73.3 Å². The van der Waals surface area contributed by atoms with E-state index in [-0.39, 0.29) is 17.6 Å². The maximum atomic E-state index is 11.3. The van der Waals surface area contributed by atoms with Crippen LogP contribution < -0.4 is 0 Å². The molecule has 0 atom stereocenters. The molecule has 2 rings (SSSR count). The molecule has 0 bridgehead atoms. The number of hydrogen-bond donors (Lipinski definition) is 0. The van der Waals surface area contributed by atoms with E-state index in [0.29, 0.717) is 0 Å². The predicted octanol–water partition coefficient (Wildman–Crippen LogP) is 0.841. The monoisotopic (exact) mass is 181 g/mol. The third kappa shape index (κ3) is 1.42. The Morgan fingerprint density at radius 3 is 2.85 bits per heavy atom. The van der Waals surface area contributed by atoms with Gasteiger partial charge in [0.2, 0.25) is 12.2 Å². The first-order valence-corrected chi connectivity index (χ1v) is 3.91. The van der Waals surface area contributed by atoms with Crippen LogP contribution in [0.5, 0.6) is 0 Å². The number of aromatic nitrogens is 2. The highest BCUT2D eigenvalue weighted by Gasteiger charge is 2.31. The lowest BCUT2D eigenvalue weighted by atomic mass is 10.4. The van der Waals surface area contributed by atoms with Crippen LogP contribution in [0, 0.1) is 16.0 Å². The summed E-state index contributed by atoms with van der Waals surface area (Å²) in [5.41, 5.74) is 0. The zero-order chi connectivity index (χ0) is 9.42. The molecule has 1 aromatic rings. The normalized spacial score (nSPS) is 15.7. The zero-order valence-electron chi connectivity index (χ0n) is 6.71. The Balaban J connectivity index is 2.21. The van der Waals surface area contributed by atoms with Gasteiger partial charge in [-0.3, -0.25) is 4.79 Å². The largest absolute Gasteiger partial charge is 0.381 e. The molecule has 0 N–H and O–H groups in total.